The quantitative estimate of drug-likeness (QED) is 0.479. The maximum Gasteiger partial charge on any atom is 0.277 e. The summed E-state index contributed by atoms with van der Waals surface area (Å²) in [6.07, 6.45) is 3.06. The lowest BCUT2D eigenvalue weighted by Crippen LogP contribution is -2.44. The van der Waals surface area contributed by atoms with Gasteiger partial charge in [0.15, 0.2) is 0 Å². The molecule has 2 N–H and O–H groups in total. The van der Waals surface area contributed by atoms with Crippen molar-refractivity contribution in [3.8, 4) is 0 Å². The largest absolute Gasteiger partial charge is 0.411 e. The van der Waals surface area contributed by atoms with Crippen molar-refractivity contribution in [2.24, 2.45) is 5.16 Å². The molecule has 0 aliphatic heterocycles. The number of oxime groups is 1. The minimum atomic E-state index is -0.517. The Balaban J connectivity index is 2.15. The van der Waals surface area contributed by atoms with Gasteiger partial charge in [0, 0.05) is 5.56 Å². The van der Waals surface area contributed by atoms with Gasteiger partial charge in [0.1, 0.15) is 6.04 Å². The number of amides is 1. The first-order chi connectivity index (χ1) is 8.74. The summed E-state index contributed by atoms with van der Waals surface area (Å²) in [5.41, 5.74) is 0.885. The van der Waals surface area contributed by atoms with Gasteiger partial charge < -0.3 is 5.21 Å². The number of hydroxylamine groups is 2. The van der Waals surface area contributed by atoms with Crippen LogP contribution in [0.3, 0.4) is 0 Å². The minimum Gasteiger partial charge on any atom is -0.411 e. The van der Waals surface area contributed by atoms with Crippen molar-refractivity contribution in [3.63, 3.8) is 0 Å². The Hall–Kier alpha value is -1.88. The van der Waals surface area contributed by atoms with Crippen LogP contribution in [0.25, 0.3) is 0 Å². The highest BCUT2D eigenvalue weighted by molar-refractivity contribution is 5.98. The average Bonchev–Trinajstić information content (AvgIpc) is 2.46. The molecule has 0 aromatic heterocycles. The van der Waals surface area contributed by atoms with E-state index in [0.717, 1.165) is 12.8 Å². The molecule has 5 nitrogen and oxygen atoms in total. The summed E-state index contributed by atoms with van der Waals surface area (Å²) in [7, 11) is 0. The Morgan fingerprint density at radius 2 is 2.00 bits per heavy atom. The monoisotopic (exact) mass is 248 g/mol. The van der Waals surface area contributed by atoms with Gasteiger partial charge in [-0.1, -0.05) is 29.8 Å². The van der Waals surface area contributed by atoms with Crippen LogP contribution in [-0.2, 0) is 0 Å². The Morgan fingerprint density at radius 3 is 2.67 bits per heavy atom. The van der Waals surface area contributed by atoms with Crippen molar-refractivity contribution in [3.05, 3.63) is 35.9 Å². The standard InChI is InChI=1S/C13H16N2O3/c16-13(10-6-2-1-3-7-10)15(18)12-9-5-4-8-11(12)14-17/h1-3,6-7,12,17-18H,4-5,8-9H2/b14-11+/t12-/m0/s1. The third kappa shape index (κ3) is 2.51. The van der Waals surface area contributed by atoms with Crippen molar-refractivity contribution in [2.75, 3.05) is 0 Å². The zero-order valence-electron chi connectivity index (χ0n) is 9.99. The number of hydrogen-bond donors (Lipinski definition) is 2. The molecule has 1 amide bonds. The molecule has 0 unspecified atom stereocenters. The lowest BCUT2D eigenvalue weighted by atomic mass is 9.93. The number of rotatable bonds is 2. The molecule has 0 heterocycles. The molecule has 1 atom stereocenters. The van der Waals surface area contributed by atoms with Gasteiger partial charge in [0.05, 0.1) is 5.71 Å². The Kier molecular flexibility index (Phi) is 3.94. The molecular weight excluding hydrogens is 232 g/mol. The zero-order valence-corrected chi connectivity index (χ0v) is 9.99. The molecule has 18 heavy (non-hydrogen) atoms. The number of nitrogens with zero attached hydrogens (tertiary/aromatic N) is 2. The van der Waals surface area contributed by atoms with E-state index in [1.165, 1.54) is 0 Å². The van der Waals surface area contributed by atoms with Gasteiger partial charge in [-0.05, 0) is 31.4 Å². The second-order valence-corrected chi connectivity index (χ2v) is 4.37. The number of carbonyl (C=O) groups excluding carboxylic acids is 1. The maximum atomic E-state index is 12.0. The Bertz CT molecular complexity index is 445. The van der Waals surface area contributed by atoms with E-state index < -0.39 is 11.9 Å². The minimum absolute atomic E-state index is 0.419. The molecule has 1 fully saturated rings. The smallest absolute Gasteiger partial charge is 0.277 e. The fourth-order valence-electron chi connectivity index (χ4n) is 2.21. The third-order valence-electron chi connectivity index (χ3n) is 3.20. The summed E-state index contributed by atoms with van der Waals surface area (Å²) in [5.74, 6) is -0.469. The van der Waals surface area contributed by atoms with Crippen molar-refractivity contribution in [1.82, 2.24) is 5.06 Å². The first kappa shape index (κ1) is 12.6. The normalized spacial score (nSPS) is 21.8. The highest BCUT2D eigenvalue weighted by Crippen LogP contribution is 2.21. The Morgan fingerprint density at radius 1 is 1.28 bits per heavy atom. The highest BCUT2D eigenvalue weighted by atomic mass is 16.5. The zero-order chi connectivity index (χ0) is 13.0. The van der Waals surface area contributed by atoms with Crippen LogP contribution in [0.5, 0.6) is 0 Å². The Labute approximate surface area is 105 Å². The van der Waals surface area contributed by atoms with Gasteiger partial charge in [-0.25, -0.2) is 5.06 Å². The van der Waals surface area contributed by atoms with Gasteiger partial charge >= 0.3 is 0 Å². The van der Waals surface area contributed by atoms with Crippen LogP contribution in [0, 0.1) is 0 Å². The fourth-order valence-corrected chi connectivity index (χ4v) is 2.21. The highest BCUT2D eigenvalue weighted by Gasteiger charge is 2.30. The molecule has 1 aromatic carbocycles. The van der Waals surface area contributed by atoms with Crippen LogP contribution in [0.15, 0.2) is 35.5 Å². The lowest BCUT2D eigenvalue weighted by Gasteiger charge is -2.29. The molecule has 1 aromatic rings. The molecule has 0 bridgehead atoms. The predicted molar refractivity (Wildman–Crippen MR) is 65.9 cm³/mol. The van der Waals surface area contributed by atoms with E-state index in [-0.39, 0.29) is 0 Å². The summed E-state index contributed by atoms with van der Waals surface area (Å²) in [4.78, 5) is 12.0. The third-order valence-corrected chi connectivity index (χ3v) is 3.20. The van der Waals surface area contributed by atoms with Gasteiger partial charge in [-0.3, -0.25) is 10.0 Å². The first-order valence-corrected chi connectivity index (χ1v) is 6.02. The second kappa shape index (κ2) is 5.64. The summed E-state index contributed by atoms with van der Waals surface area (Å²) in [6, 6.07) is 8.05. The summed E-state index contributed by atoms with van der Waals surface area (Å²) >= 11 is 0. The molecule has 1 saturated carbocycles. The van der Waals surface area contributed by atoms with Gasteiger partial charge in [-0.15, -0.1) is 0 Å². The lowest BCUT2D eigenvalue weighted by molar-refractivity contribution is -0.0760. The number of hydrogen-bond acceptors (Lipinski definition) is 4. The second-order valence-electron chi connectivity index (χ2n) is 4.37. The van der Waals surface area contributed by atoms with E-state index in [1.807, 2.05) is 0 Å². The molecule has 0 radical (unpaired) electrons. The van der Waals surface area contributed by atoms with E-state index in [9.17, 15) is 10.0 Å². The molecule has 2 rings (SSSR count). The summed E-state index contributed by atoms with van der Waals surface area (Å²) < 4.78 is 0. The molecule has 0 spiro atoms. The molecule has 1 aliphatic carbocycles. The van der Waals surface area contributed by atoms with Crippen molar-refractivity contribution in [2.45, 2.75) is 31.7 Å². The molecule has 96 valence electrons. The topological polar surface area (TPSA) is 73.1 Å². The number of carbonyl (C=O) groups is 1. The van der Waals surface area contributed by atoms with E-state index >= 15 is 0 Å². The molecular formula is C13H16N2O3. The molecule has 1 aliphatic rings. The molecule has 0 saturated heterocycles. The van der Waals surface area contributed by atoms with Crippen LogP contribution in [-0.4, -0.2) is 33.1 Å². The average molecular weight is 248 g/mol. The number of benzene rings is 1. The fraction of sp³-hybridized carbons (Fsp3) is 0.385. The van der Waals surface area contributed by atoms with E-state index in [0.29, 0.717) is 29.2 Å². The van der Waals surface area contributed by atoms with Crippen LogP contribution < -0.4 is 0 Å². The van der Waals surface area contributed by atoms with Gasteiger partial charge in [-0.2, -0.15) is 0 Å². The van der Waals surface area contributed by atoms with Crippen LogP contribution in [0.2, 0.25) is 0 Å². The van der Waals surface area contributed by atoms with Gasteiger partial charge in [0.2, 0.25) is 0 Å². The van der Waals surface area contributed by atoms with E-state index in [4.69, 9.17) is 5.21 Å². The summed E-state index contributed by atoms with van der Waals surface area (Å²) in [6.45, 7) is 0. The van der Waals surface area contributed by atoms with Crippen LogP contribution >= 0.6 is 0 Å². The maximum absolute atomic E-state index is 12.0. The molecule has 5 heteroatoms. The van der Waals surface area contributed by atoms with E-state index in [1.54, 1.807) is 30.3 Å². The van der Waals surface area contributed by atoms with Crippen LogP contribution in [0.4, 0.5) is 0 Å². The van der Waals surface area contributed by atoms with E-state index in [2.05, 4.69) is 5.16 Å². The van der Waals surface area contributed by atoms with Gasteiger partial charge in [0.25, 0.3) is 5.91 Å². The summed E-state index contributed by atoms with van der Waals surface area (Å²) in [5, 5.41) is 22.8. The predicted octanol–water partition coefficient (Wildman–Crippen LogP) is 2.29. The SMILES string of the molecule is O=C(c1ccccc1)N(O)[C@H]1CCCC/C1=N\O. The van der Waals surface area contributed by atoms with Crippen molar-refractivity contribution >= 4 is 11.6 Å². The van der Waals surface area contributed by atoms with Crippen LogP contribution in [0.1, 0.15) is 36.0 Å². The van der Waals surface area contributed by atoms with Crippen molar-refractivity contribution in [1.29, 1.82) is 0 Å². The first-order valence-electron chi connectivity index (χ1n) is 6.02. The van der Waals surface area contributed by atoms with Crippen molar-refractivity contribution < 1.29 is 15.2 Å².